The Bertz CT molecular complexity index is 1170. The fraction of sp³-hybridized carbons (Fsp3) is 0.318. The minimum absolute atomic E-state index is 0.0440. The largest absolute Gasteiger partial charge is 0.299 e. The van der Waals surface area contributed by atoms with Crippen molar-refractivity contribution in [3.63, 3.8) is 0 Å². The zero-order valence-electron chi connectivity index (χ0n) is 16.1. The van der Waals surface area contributed by atoms with Gasteiger partial charge in [0.05, 0.1) is 23.1 Å². The van der Waals surface area contributed by atoms with E-state index < -0.39 is 10.0 Å². The minimum atomic E-state index is -3.43. The number of rotatable bonds is 7. The quantitative estimate of drug-likeness (QED) is 0.757. The number of benzene rings is 1. The fourth-order valence-corrected chi connectivity index (χ4v) is 4.15. The van der Waals surface area contributed by atoms with Gasteiger partial charge in [-0.05, 0) is 43.5 Å². The number of nitrogens with one attached hydrogen (secondary N) is 1. The molecule has 1 saturated carbocycles. The first-order chi connectivity index (χ1) is 13.9. The molecule has 0 unspecified atom stereocenters. The van der Waals surface area contributed by atoms with Crippen LogP contribution in [0.25, 0.3) is 17.2 Å². The van der Waals surface area contributed by atoms with Crippen molar-refractivity contribution in [3.8, 4) is 17.2 Å². The number of ketones is 1. The summed E-state index contributed by atoms with van der Waals surface area (Å²) < 4.78 is 26.2. The van der Waals surface area contributed by atoms with Crippen molar-refractivity contribution in [2.24, 2.45) is 5.92 Å². The first-order valence-electron chi connectivity index (χ1n) is 9.67. The Labute approximate surface area is 170 Å². The highest BCUT2D eigenvalue weighted by Crippen LogP contribution is 2.36. The maximum absolute atomic E-state index is 12.3. The van der Waals surface area contributed by atoms with E-state index in [1.165, 1.54) is 0 Å². The summed E-state index contributed by atoms with van der Waals surface area (Å²) in [6.07, 6.45) is 6.94. The normalized spacial score (nSPS) is 15.0. The summed E-state index contributed by atoms with van der Waals surface area (Å²) in [4.78, 5) is 16.9. The number of carbonyl (C=O) groups is 1. The van der Waals surface area contributed by atoms with E-state index in [-0.39, 0.29) is 17.5 Å². The third-order valence-electron chi connectivity index (χ3n) is 5.26. The van der Waals surface area contributed by atoms with Crippen LogP contribution in [0.1, 0.15) is 42.3 Å². The standard InChI is InChI=1S/C22H21N3O3S/c1-2-29(27,28)25-16-8-9-18(15(10-16)13-23)20-11-17(12-22(26)14-6-7-14)24-21-5-3-4-19(20)21/h3-4,8-11,14,25H,2,5-7,12H2,1H3. The number of sulfonamides is 1. The highest BCUT2D eigenvalue weighted by atomic mass is 32.2. The van der Waals surface area contributed by atoms with Crippen LogP contribution >= 0.6 is 0 Å². The van der Waals surface area contributed by atoms with Gasteiger partial charge in [0.25, 0.3) is 0 Å². The Balaban J connectivity index is 1.75. The molecule has 0 bridgehead atoms. The molecule has 0 spiro atoms. The third-order valence-corrected chi connectivity index (χ3v) is 6.56. The lowest BCUT2D eigenvalue weighted by Gasteiger charge is -2.14. The Morgan fingerprint density at radius 2 is 2.07 bits per heavy atom. The molecule has 4 rings (SSSR count). The number of allylic oxidation sites excluding steroid dienone is 1. The number of hydrogen-bond donors (Lipinski definition) is 1. The number of nitrogens with zero attached hydrogens (tertiary/aromatic N) is 2. The van der Waals surface area contributed by atoms with Crippen LogP contribution in [-0.4, -0.2) is 24.9 Å². The molecule has 2 aliphatic rings. The Morgan fingerprint density at radius 3 is 2.76 bits per heavy atom. The van der Waals surface area contributed by atoms with Gasteiger partial charge in [-0.25, -0.2) is 8.42 Å². The van der Waals surface area contributed by atoms with Crippen molar-refractivity contribution in [1.29, 1.82) is 5.26 Å². The van der Waals surface area contributed by atoms with Crippen LogP contribution in [0, 0.1) is 17.2 Å². The summed E-state index contributed by atoms with van der Waals surface area (Å²) in [5.74, 6) is 0.351. The molecule has 1 aromatic heterocycles. The molecule has 0 amide bonds. The average Bonchev–Trinajstić information content (AvgIpc) is 3.45. The van der Waals surface area contributed by atoms with Gasteiger partial charge in [0.1, 0.15) is 5.78 Å². The molecular formula is C22H21N3O3S. The van der Waals surface area contributed by atoms with Crippen molar-refractivity contribution >= 4 is 27.6 Å². The SMILES string of the molecule is CCS(=O)(=O)Nc1ccc(-c2cc(CC(=O)C3CC3)nc3c2C=CC3)c(C#N)c1. The summed E-state index contributed by atoms with van der Waals surface area (Å²) in [6.45, 7) is 1.55. The molecule has 1 N–H and O–H groups in total. The molecular weight excluding hydrogens is 386 g/mol. The monoisotopic (exact) mass is 407 g/mol. The summed E-state index contributed by atoms with van der Waals surface area (Å²) in [6, 6.07) is 9.01. The molecule has 0 radical (unpaired) electrons. The molecule has 2 aromatic rings. The van der Waals surface area contributed by atoms with E-state index in [0.717, 1.165) is 35.4 Å². The molecule has 29 heavy (non-hydrogen) atoms. The smallest absolute Gasteiger partial charge is 0.232 e. The van der Waals surface area contributed by atoms with Gasteiger partial charge in [0.15, 0.2) is 0 Å². The van der Waals surface area contributed by atoms with Crippen LogP contribution in [0.2, 0.25) is 0 Å². The topological polar surface area (TPSA) is 99.9 Å². The number of pyridine rings is 1. The highest BCUT2D eigenvalue weighted by molar-refractivity contribution is 7.92. The first-order valence-corrected chi connectivity index (χ1v) is 11.3. The average molecular weight is 407 g/mol. The second-order valence-corrected chi connectivity index (χ2v) is 9.43. The van der Waals surface area contributed by atoms with Crippen LogP contribution < -0.4 is 4.72 Å². The van der Waals surface area contributed by atoms with Crippen molar-refractivity contribution in [1.82, 2.24) is 4.98 Å². The summed E-state index contributed by atoms with van der Waals surface area (Å²) in [5, 5.41) is 9.69. The predicted molar refractivity (Wildman–Crippen MR) is 112 cm³/mol. The molecule has 1 heterocycles. The van der Waals surface area contributed by atoms with Gasteiger partial charge in [0, 0.05) is 41.3 Å². The van der Waals surface area contributed by atoms with Crippen molar-refractivity contribution in [2.45, 2.75) is 32.6 Å². The van der Waals surface area contributed by atoms with Gasteiger partial charge in [0.2, 0.25) is 10.0 Å². The van der Waals surface area contributed by atoms with Gasteiger partial charge in [-0.2, -0.15) is 5.26 Å². The number of anilines is 1. The molecule has 2 aliphatic carbocycles. The number of carbonyl (C=O) groups excluding carboxylic acids is 1. The third kappa shape index (κ3) is 4.08. The molecule has 6 nitrogen and oxygen atoms in total. The van der Waals surface area contributed by atoms with Crippen LogP contribution in [0.5, 0.6) is 0 Å². The number of aromatic nitrogens is 1. The zero-order chi connectivity index (χ0) is 20.6. The van der Waals surface area contributed by atoms with Crippen molar-refractivity contribution < 1.29 is 13.2 Å². The molecule has 7 heteroatoms. The predicted octanol–water partition coefficient (Wildman–Crippen LogP) is 3.47. The second kappa shape index (κ2) is 7.45. The number of fused-ring (bicyclic) bond motifs is 1. The highest BCUT2D eigenvalue weighted by Gasteiger charge is 2.30. The Morgan fingerprint density at radius 1 is 1.28 bits per heavy atom. The van der Waals surface area contributed by atoms with Crippen LogP contribution in [-0.2, 0) is 27.7 Å². The lowest BCUT2D eigenvalue weighted by Crippen LogP contribution is -2.14. The van der Waals surface area contributed by atoms with Gasteiger partial charge >= 0.3 is 0 Å². The van der Waals surface area contributed by atoms with E-state index in [2.05, 4.69) is 15.8 Å². The molecule has 0 saturated heterocycles. The lowest BCUT2D eigenvalue weighted by molar-refractivity contribution is -0.119. The fourth-order valence-electron chi connectivity index (χ4n) is 3.52. The minimum Gasteiger partial charge on any atom is -0.299 e. The summed E-state index contributed by atoms with van der Waals surface area (Å²) >= 11 is 0. The summed E-state index contributed by atoms with van der Waals surface area (Å²) in [5.41, 5.74) is 4.86. The van der Waals surface area contributed by atoms with E-state index >= 15 is 0 Å². The van der Waals surface area contributed by atoms with E-state index in [1.54, 1.807) is 25.1 Å². The van der Waals surface area contributed by atoms with Gasteiger partial charge in [-0.1, -0.05) is 18.2 Å². The number of nitriles is 1. The van der Waals surface area contributed by atoms with Crippen LogP contribution in [0.3, 0.4) is 0 Å². The molecule has 0 atom stereocenters. The molecule has 148 valence electrons. The van der Waals surface area contributed by atoms with E-state index in [4.69, 9.17) is 0 Å². The molecule has 0 aliphatic heterocycles. The Kier molecular flexibility index (Phi) is 4.97. The summed E-state index contributed by atoms with van der Waals surface area (Å²) in [7, 11) is -3.43. The van der Waals surface area contributed by atoms with E-state index in [1.807, 2.05) is 18.2 Å². The molecule has 1 aromatic carbocycles. The van der Waals surface area contributed by atoms with Crippen LogP contribution in [0.4, 0.5) is 5.69 Å². The number of Topliss-reactive ketones (excluding diaryl/α,β-unsaturated/α-hetero) is 1. The maximum atomic E-state index is 12.3. The van der Waals surface area contributed by atoms with Crippen molar-refractivity contribution in [2.75, 3.05) is 10.5 Å². The first kappa shape index (κ1) is 19.3. The van der Waals surface area contributed by atoms with Gasteiger partial charge in [-0.15, -0.1) is 0 Å². The van der Waals surface area contributed by atoms with E-state index in [9.17, 15) is 18.5 Å². The maximum Gasteiger partial charge on any atom is 0.232 e. The van der Waals surface area contributed by atoms with Crippen molar-refractivity contribution in [3.05, 3.63) is 52.9 Å². The zero-order valence-corrected chi connectivity index (χ0v) is 16.9. The van der Waals surface area contributed by atoms with Gasteiger partial charge < -0.3 is 0 Å². The van der Waals surface area contributed by atoms with Crippen LogP contribution in [0.15, 0.2) is 30.3 Å². The molecule has 1 fully saturated rings. The van der Waals surface area contributed by atoms with E-state index in [0.29, 0.717) is 29.7 Å². The lowest BCUT2D eigenvalue weighted by atomic mass is 9.94. The second-order valence-electron chi connectivity index (χ2n) is 7.42. The van der Waals surface area contributed by atoms with Gasteiger partial charge in [-0.3, -0.25) is 14.5 Å². The Hall–Kier alpha value is -2.98. The number of hydrogen-bond acceptors (Lipinski definition) is 5.